The lowest BCUT2D eigenvalue weighted by atomic mass is 10.1. The standard InChI is InChI=1S/C14H22ClN3.HI/c1-3-10-17-14(16-4-2)18-11-9-12-7-5-6-8-13(12)15;/h5-8H,3-4,9-11H2,1-2H3,(H2,16,17,18);1H. The number of rotatable bonds is 6. The predicted molar refractivity (Wildman–Crippen MR) is 94.8 cm³/mol. The van der Waals surface area contributed by atoms with Crippen molar-refractivity contribution < 1.29 is 0 Å². The van der Waals surface area contributed by atoms with E-state index < -0.39 is 0 Å². The maximum absolute atomic E-state index is 6.11. The summed E-state index contributed by atoms with van der Waals surface area (Å²) in [6.45, 7) is 6.75. The molecule has 0 saturated heterocycles. The van der Waals surface area contributed by atoms with Crippen LogP contribution in [0.25, 0.3) is 0 Å². The third-order valence-corrected chi connectivity index (χ3v) is 2.85. The molecule has 2 N–H and O–H groups in total. The number of aliphatic imine (C=N–C) groups is 1. The second-order valence-corrected chi connectivity index (χ2v) is 4.44. The van der Waals surface area contributed by atoms with E-state index in [1.165, 1.54) is 0 Å². The summed E-state index contributed by atoms with van der Waals surface area (Å²) in [7, 11) is 0. The van der Waals surface area contributed by atoms with Crippen LogP contribution in [-0.2, 0) is 6.42 Å². The van der Waals surface area contributed by atoms with Crippen molar-refractivity contribution >= 4 is 41.5 Å². The van der Waals surface area contributed by atoms with Crippen LogP contribution in [0.5, 0.6) is 0 Å². The lowest BCUT2D eigenvalue weighted by molar-refractivity contribution is 0.793. The average molecular weight is 396 g/mol. The molecule has 1 rings (SSSR count). The summed E-state index contributed by atoms with van der Waals surface area (Å²) >= 11 is 6.11. The molecule has 0 radical (unpaired) electrons. The van der Waals surface area contributed by atoms with Crippen LogP contribution in [0.15, 0.2) is 29.3 Å². The molecular formula is C14H23ClIN3. The van der Waals surface area contributed by atoms with E-state index in [2.05, 4.69) is 35.5 Å². The molecule has 5 heteroatoms. The van der Waals surface area contributed by atoms with Gasteiger partial charge in [0.25, 0.3) is 0 Å². The average Bonchev–Trinajstić information content (AvgIpc) is 2.38. The molecule has 0 unspecified atom stereocenters. The molecule has 0 atom stereocenters. The van der Waals surface area contributed by atoms with E-state index in [1.54, 1.807) is 0 Å². The van der Waals surface area contributed by atoms with Gasteiger partial charge in [0.05, 0.1) is 0 Å². The van der Waals surface area contributed by atoms with Gasteiger partial charge >= 0.3 is 0 Å². The summed E-state index contributed by atoms with van der Waals surface area (Å²) < 4.78 is 0. The second kappa shape index (κ2) is 11.3. The Bertz CT molecular complexity index is 383. The lowest BCUT2D eigenvalue weighted by Gasteiger charge is -2.11. The van der Waals surface area contributed by atoms with Crippen molar-refractivity contribution in [3.63, 3.8) is 0 Å². The summed E-state index contributed by atoms with van der Waals surface area (Å²) in [5.41, 5.74) is 1.16. The maximum atomic E-state index is 6.11. The summed E-state index contributed by atoms with van der Waals surface area (Å²) in [5, 5.41) is 7.36. The maximum Gasteiger partial charge on any atom is 0.191 e. The van der Waals surface area contributed by atoms with Gasteiger partial charge in [-0.2, -0.15) is 0 Å². The van der Waals surface area contributed by atoms with E-state index >= 15 is 0 Å². The topological polar surface area (TPSA) is 36.4 Å². The van der Waals surface area contributed by atoms with Gasteiger partial charge in [-0.25, -0.2) is 0 Å². The number of hydrogen-bond acceptors (Lipinski definition) is 1. The number of halogens is 2. The molecule has 0 saturated carbocycles. The summed E-state index contributed by atoms with van der Waals surface area (Å²) in [6.07, 6.45) is 1.96. The van der Waals surface area contributed by atoms with Crippen LogP contribution in [0, 0.1) is 0 Å². The number of nitrogens with one attached hydrogen (secondary N) is 2. The van der Waals surface area contributed by atoms with Crippen LogP contribution in [-0.4, -0.2) is 25.6 Å². The Morgan fingerprint density at radius 2 is 1.95 bits per heavy atom. The van der Waals surface area contributed by atoms with E-state index in [-0.39, 0.29) is 24.0 Å². The zero-order chi connectivity index (χ0) is 13.2. The Labute approximate surface area is 138 Å². The van der Waals surface area contributed by atoms with Crippen LogP contribution in [0.2, 0.25) is 5.02 Å². The van der Waals surface area contributed by atoms with E-state index in [1.807, 2.05) is 18.2 Å². The van der Waals surface area contributed by atoms with Gasteiger partial charge in [-0.1, -0.05) is 36.7 Å². The smallest absolute Gasteiger partial charge is 0.191 e. The molecule has 0 aliphatic rings. The Hall–Kier alpha value is -0.490. The molecule has 108 valence electrons. The number of hydrogen-bond donors (Lipinski definition) is 2. The van der Waals surface area contributed by atoms with Crippen molar-refractivity contribution in [3.05, 3.63) is 34.9 Å². The highest BCUT2D eigenvalue weighted by atomic mass is 127. The first-order valence-corrected chi connectivity index (χ1v) is 6.91. The van der Waals surface area contributed by atoms with Gasteiger partial charge in [0, 0.05) is 24.7 Å². The first kappa shape index (κ1) is 18.5. The number of guanidine groups is 1. The fourth-order valence-corrected chi connectivity index (χ4v) is 1.81. The van der Waals surface area contributed by atoms with Crippen molar-refractivity contribution in [3.8, 4) is 0 Å². The van der Waals surface area contributed by atoms with Crippen molar-refractivity contribution in [1.29, 1.82) is 0 Å². The predicted octanol–water partition coefficient (Wildman–Crippen LogP) is 3.47. The molecule has 3 nitrogen and oxygen atoms in total. The van der Waals surface area contributed by atoms with Gasteiger partial charge in [-0.15, -0.1) is 24.0 Å². The fourth-order valence-electron chi connectivity index (χ4n) is 1.58. The van der Waals surface area contributed by atoms with Gasteiger partial charge < -0.3 is 10.6 Å². The van der Waals surface area contributed by atoms with Crippen LogP contribution in [0.3, 0.4) is 0 Å². The highest BCUT2D eigenvalue weighted by Gasteiger charge is 2.00. The monoisotopic (exact) mass is 395 g/mol. The summed E-state index contributed by atoms with van der Waals surface area (Å²) in [5.74, 6) is 0.881. The Morgan fingerprint density at radius 3 is 2.58 bits per heavy atom. The zero-order valence-corrected chi connectivity index (χ0v) is 14.7. The minimum absolute atomic E-state index is 0. The molecule has 1 aromatic carbocycles. The molecular weight excluding hydrogens is 373 g/mol. The van der Waals surface area contributed by atoms with E-state index in [0.717, 1.165) is 49.0 Å². The fraction of sp³-hybridized carbons (Fsp3) is 0.500. The first-order valence-electron chi connectivity index (χ1n) is 6.53. The highest BCUT2D eigenvalue weighted by Crippen LogP contribution is 2.14. The van der Waals surface area contributed by atoms with Gasteiger partial charge in [0.2, 0.25) is 0 Å². The quantitative estimate of drug-likeness (QED) is 0.440. The van der Waals surface area contributed by atoms with Crippen molar-refractivity contribution in [1.82, 2.24) is 10.6 Å². The molecule has 0 bridgehead atoms. The molecule has 0 heterocycles. The Morgan fingerprint density at radius 1 is 1.21 bits per heavy atom. The lowest BCUT2D eigenvalue weighted by Crippen LogP contribution is -2.38. The van der Waals surface area contributed by atoms with E-state index in [0.29, 0.717) is 0 Å². The molecule has 19 heavy (non-hydrogen) atoms. The van der Waals surface area contributed by atoms with Gasteiger partial charge in [-0.05, 0) is 31.4 Å². The molecule has 0 fully saturated rings. The summed E-state index contributed by atoms with van der Waals surface area (Å²) in [6, 6.07) is 7.94. The van der Waals surface area contributed by atoms with Crippen LogP contribution in [0.1, 0.15) is 25.8 Å². The number of benzene rings is 1. The minimum atomic E-state index is 0. The largest absolute Gasteiger partial charge is 0.357 e. The van der Waals surface area contributed by atoms with Gasteiger partial charge in [0.15, 0.2) is 5.96 Å². The molecule has 0 aromatic heterocycles. The van der Waals surface area contributed by atoms with Crippen molar-refractivity contribution in [2.45, 2.75) is 26.7 Å². The molecule has 0 aliphatic carbocycles. The second-order valence-electron chi connectivity index (χ2n) is 4.03. The third kappa shape index (κ3) is 7.62. The van der Waals surface area contributed by atoms with Gasteiger partial charge in [-0.3, -0.25) is 4.99 Å². The van der Waals surface area contributed by atoms with Crippen molar-refractivity contribution in [2.24, 2.45) is 4.99 Å². The summed E-state index contributed by atoms with van der Waals surface area (Å²) in [4.78, 5) is 4.45. The highest BCUT2D eigenvalue weighted by molar-refractivity contribution is 14.0. The van der Waals surface area contributed by atoms with Crippen LogP contribution < -0.4 is 10.6 Å². The van der Waals surface area contributed by atoms with Crippen molar-refractivity contribution in [2.75, 3.05) is 19.6 Å². The molecule has 0 spiro atoms. The SMILES string of the molecule is CCCN=C(NCC)NCCc1ccccc1Cl.I. The first-order chi connectivity index (χ1) is 8.77. The Balaban J connectivity index is 0.00000324. The zero-order valence-electron chi connectivity index (χ0n) is 11.6. The molecule has 0 aliphatic heterocycles. The van der Waals surface area contributed by atoms with Crippen LogP contribution in [0.4, 0.5) is 0 Å². The normalized spacial score (nSPS) is 10.8. The third-order valence-electron chi connectivity index (χ3n) is 2.48. The molecule has 1 aromatic rings. The van der Waals surface area contributed by atoms with E-state index in [9.17, 15) is 0 Å². The van der Waals surface area contributed by atoms with E-state index in [4.69, 9.17) is 11.6 Å². The van der Waals surface area contributed by atoms with Gasteiger partial charge in [0.1, 0.15) is 0 Å². The Kier molecular flexibility index (Phi) is 11.1. The van der Waals surface area contributed by atoms with Crippen LogP contribution >= 0.6 is 35.6 Å². The minimum Gasteiger partial charge on any atom is -0.357 e. The molecule has 0 amide bonds. The number of nitrogens with zero attached hydrogens (tertiary/aromatic N) is 1.